The standard InChI is InChI=1S/C12H13N3O3/c1-2-12(16)7-14(8-12)10-3-4-11(15(17)18)9(5-10)6-13/h3-5,16H,2,7-8H2,1H3. The molecule has 1 saturated heterocycles. The molecule has 1 N–H and O–H groups in total. The maximum absolute atomic E-state index is 10.7. The van der Waals surface area contributed by atoms with E-state index in [1.54, 1.807) is 6.07 Å². The first kappa shape index (κ1) is 12.3. The molecule has 0 saturated carbocycles. The molecule has 1 aromatic rings. The van der Waals surface area contributed by atoms with Crippen LogP contribution in [0.3, 0.4) is 0 Å². The van der Waals surface area contributed by atoms with E-state index in [9.17, 15) is 15.2 Å². The van der Waals surface area contributed by atoms with E-state index in [0.717, 1.165) is 5.69 Å². The SMILES string of the molecule is CCC1(O)CN(c2ccc([N+](=O)[O-])c(C#N)c2)C1. The van der Waals surface area contributed by atoms with Crippen LogP contribution in [0.15, 0.2) is 18.2 Å². The van der Waals surface area contributed by atoms with Crippen molar-refractivity contribution in [1.29, 1.82) is 5.26 Å². The predicted octanol–water partition coefficient (Wildman–Crippen LogP) is 1.43. The number of anilines is 1. The van der Waals surface area contributed by atoms with Crippen molar-refractivity contribution < 1.29 is 10.0 Å². The highest BCUT2D eigenvalue weighted by atomic mass is 16.6. The van der Waals surface area contributed by atoms with Gasteiger partial charge in [-0.1, -0.05) is 6.92 Å². The van der Waals surface area contributed by atoms with E-state index < -0.39 is 10.5 Å². The summed E-state index contributed by atoms with van der Waals surface area (Å²) in [5, 5.41) is 29.5. The maximum Gasteiger partial charge on any atom is 0.287 e. The summed E-state index contributed by atoms with van der Waals surface area (Å²) in [6, 6.07) is 6.25. The van der Waals surface area contributed by atoms with Crippen molar-refractivity contribution in [3.8, 4) is 6.07 Å². The highest BCUT2D eigenvalue weighted by Gasteiger charge is 2.39. The number of nitriles is 1. The molecule has 1 aromatic carbocycles. The molecule has 0 aliphatic carbocycles. The summed E-state index contributed by atoms with van der Waals surface area (Å²) < 4.78 is 0. The first-order valence-corrected chi connectivity index (χ1v) is 5.65. The average Bonchev–Trinajstić information content (AvgIpc) is 2.34. The van der Waals surface area contributed by atoms with Gasteiger partial charge in [-0.05, 0) is 18.6 Å². The Balaban J connectivity index is 2.23. The van der Waals surface area contributed by atoms with Gasteiger partial charge in [0.2, 0.25) is 0 Å². The third kappa shape index (κ3) is 2.00. The van der Waals surface area contributed by atoms with Gasteiger partial charge in [0.05, 0.1) is 10.5 Å². The quantitative estimate of drug-likeness (QED) is 0.644. The molecule has 0 unspecified atom stereocenters. The molecule has 1 heterocycles. The Hall–Kier alpha value is -2.13. The molecule has 94 valence electrons. The Labute approximate surface area is 104 Å². The fourth-order valence-corrected chi connectivity index (χ4v) is 2.04. The van der Waals surface area contributed by atoms with E-state index in [2.05, 4.69) is 0 Å². The van der Waals surface area contributed by atoms with Gasteiger partial charge in [-0.25, -0.2) is 0 Å². The Kier molecular flexibility index (Phi) is 2.93. The minimum atomic E-state index is -0.672. The van der Waals surface area contributed by atoms with E-state index in [4.69, 9.17) is 5.26 Å². The molecule has 1 aliphatic rings. The fourth-order valence-electron chi connectivity index (χ4n) is 2.04. The number of nitro groups is 1. The summed E-state index contributed by atoms with van der Waals surface area (Å²) in [5.74, 6) is 0. The molecular weight excluding hydrogens is 234 g/mol. The first-order valence-electron chi connectivity index (χ1n) is 5.65. The minimum Gasteiger partial charge on any atom is -0.386 e. The van der Waals surface area contributed by atoms with Gasteiger partial charge in [0, 0.05) is 24.8 Å². The summed E-state index contributed by atoms with van der Waals surface area (Å²) >= 11 is 0. The minimum absolute atomic E-state index is 0.0458. The van der Waals surface area contributed by atoms with Crippen LogP contribution in [-0.4, -0.2) is 28.7 Å². The van der Waals surface area contributed by atoms with Crippen molar-refractivity contribution in [1.82, 2.24) is 0 Å². The molecule has 6 heteroatoms. The molecule has 0 amide bonds. The van der Waals surface area contributed by atoms with Gasteiger partial charge in [-0.3, -0.25) is 10.1 Å². The topological polar surface area (TPSA) is 90.4 Å². The highest BCUT2D eigenvalue weighted by Crippen LogP contribution is 2.32. The zero-order valence-electron chi connectivity index (χ0n) is 9.96. The first-order chi connectivity index (χ1) is 8.49. The molecular formula is C12H13N3O3. The summed E-state index contributed by atoms with van der Waals surface area (Å²) in [6.45, 7) is 2.90. The molecule has 0 bridgehead atoms. The van der Waals surface area contributed by atoms with Crippen molar-refractivity contribution in [3.05, 3.63) is 33.9 Å². The van der Waals surface area contributed by atoms with Crippen LogP contribution in [0.5, 0.6) is 0 Å². The second-order valence-corrected chi connectivity index (χ2v) is 4.50. The number of nitro benzene ring substituents is 1. The molecule has 2 rings (SSSR count). The lowest BCUT2D eigenvalue weighted by atomic mass is 9.90. The maximum atomic E-state index is 10.7. The number of hydrogen-bond acceptors (Lipinski definition) is 5. The molecule has 0 aromatic heterocycles. The van der Waals surface area contributed by atoms with Crippen molar-refractivity contribution in [2.45, 2.75) is 18.9 Å². The second-order valence-electron chi connectivity index (χ2n) is 4.50. The van der Waals surface area contributed by atoms with Gasteiger partial charge in [-0.2, -0.15) is 5.26 Å². The largest absolute Gasteiger partial charge is 0.386 e. The summed E-state index contributed by atoms with van der Waals surface area (Å²) in [4.78, 5) is 12.0. The highest BCUT2D eigenvalue weighted by molar-refractivity contribution is 5.61. The number of aliphatic hydroxyl groups is 1. The van der Waals surface area contributed by atoms with Gasteiger partial charge in [0.25, 0.3) is 5.69 Å². The van der Waals surface area contributed by atoms with Crippen LogP contribution >= 0.6 is 0 Å². The van der Waals surface area contributed by atoms with Crippen LogP contribution in [-0.2, 0) is 0 Å². The van der Waals surface area contributed by atoms with E-state index >= 15 is 0 Å². The normalized spacial score (nSPS) is 16.8. The number of nitrogens with zero attached hydrogens (tertiary/aromatic N) is 3. The van der Waals surface area contributed by atoms with Crippen LogP contribution in [0, 0.1) is 21.4 Å². The third-order valence-corrected chi connectivity index (χ3v) is 3.29. The Morgan fingerprint density at radius 2 is 2.28 bits per heavy atom. The lowest BCUT2D eigenvalue weighted by Gasteiger charge is -2.47. The van der Waals surface area contributed by atoms with Crippen molar-refractivity contribution >= 4 is 11.4 Å². The molecule has 0 atom stereocenters. The number of rotatable bonds is 3. The van der Waals surface area contributed by atoms with E-state index in [1.165, 1.54) is 12.1 Å². The van der Waals surface area contributed by atoms with E-state index in [1.807, 2.05) is 17.9 Å². The Bertz CT molecular complexity index is 530. The number of benzene rings is 1. The molecule has 0 spiro atoms. The zero-order valence-corrected chi connectivity index (χ0v) is 9.96. The molecule has 6 nitrogen and oxygen atoms in total. The van der Waals surface area contributed by atoms with E-state index in [0.29, 0.717) is 19.5 Å². The molecule has 1 fully saturated rings. The van der Waals surface area contributed by atoms with Crippen molar-refractivity contribution in [3.63, 3.8) is 0 Å². The zero-order chi connectivity index (χ0) is 13.3. The van der Waals surface area contributed by atoms with E-state index in [-0.39, 0.29) is 11.3 Å². The van der Waals surface area contributed by atoms with Crippen molar-refractivity contribution in [2.24, 2.45) is 0 Å². The number of hydrogen-bond donors (Lipinski definition) is 1. The second kappa shape index (κ2) is 4.27. The summed E-state index contributed by atoms with van der Waals surface area (Å²) in [6.07, 6.45) is 0.668. The Morgan fingerprint density at radius 3 is 2.78 bits per heavy atom. The number of β-amino-alcohol motifs (C(OH)–C–C–N with tert-alkyl or cyclic N) is 1. The Morgan fingerprint density at radius 1 is 1.61 bits per heavy atom. The summed E-state index contributed by atoms with van der Waals surface area (Å²) in [7, 11) is 0. The van der Waals surface area contributed by atoms with Crippen LogP contribution < -0.4 is 4.90 Å². The van der Waals surface area contributed by atoms with Crippen LogP contribution in [0.4, 0.5) is 11.4 Å². The summed E-state index contributed by atoms with van der Waals surface area (Å²) in [5.41, 5.74) is -0.0820. The average molecular weight is 247 g/mol. The smallest absolute Gasteiger partial charge is 0.287 e. The van der Waals surface area contributed by atoms with Gasteiger partial charge < -0.3 is 10.0 Å². The van der Waals surface area contributed by atoms with Gasteiger partial charge >= 0.3 is 0 Å². The predicted molar refractivity (Wildman–Crippen MR) is 65.3 cm³/mol. The monoisotopic (exact) mass is 247 g/mol. The molecule has 1 aliphatic heterocycles. The molecule has 18 heavy (non-hydrogen) atoms. The van der Waals surface area contributed by atoms with Crippen molar-refractivity contribution in [2.75, 3.05) is 18.0 Å². The van der Waals surface area contributed by atoms with Gasteiger partial charge in [0.15, 0.2) is 0 Å². The lowest BCUT2D eigenvalue weighted by molar-refractivity contribution is -0.385. The van der Waals surface area contributed by atoms with Gasteiger partial charge in [0.1, 0.15) is 11.6 Å². The van der Waals surface area contributed by atoms with Crippen LogP contribution in [0.2, 0.25) is 0 Å². The molecule has 0 radical (unpaired) electrons. The lowest BCUT2D eigenvalue weighted by Crippen LogP contribution is -2.61. The van der Waals surface area contributed by atoms with Crippen LogP contribution in [0.25, 0.3) is 0 Å². The van der Waals surface area contributed by atoms with Gasteiger partial charge in [-0.15, -0.1) is 0 Å². The fraction of sp³-hybridized carbons (Fsp3) is 0.417. The van der Waals surface area contributed by atoms with Crippen LogP contribution in [0.1, 0.15) is 18.9 Å². The third-order valence-electron chi connectivity index (χ3n) is 3.29.